The summed E-state index contributed by atoms with van der Waals surface area (Å²) in [7, 11) is 0. The van der Waals surface area contributed by atoms with Gasteiger partial charge in [-0.15, -0.1) is 0 Å². The van der Waals surface area contributed by atoms with Crippen LogP contribution in [-0.4, -0.2) is 30.6 Å². The summed E-state index contributed by atoms with van der Waals surface area (Å²) in [6.07, 6.45) is 2.16. The van der Waals surface area contributed by atoms with Gasteiger partial charge in [-0.05, 0) is 37.5 Å². The summed E-state index contributed by atoms with van der Waals surface area (Å²) in [6.45, 7) is 5.59. The van der Waals surface area contributed by atoms with E-state index in [-0.39, 0.29) is 5.82 Å². The molecule has 0 bridgehead atoms. The highest BCUT2D eigenvalue weighted by Gasteiger charge is 2.20. The molecule has 3 rings (SSSR count). The summed E-state index contributed by atoms with van der Waals surface area (Å²) >= 11 is 0. The van der Waals surface area contributed by atoms with E-state index in [0.29, 0.717) is 18.4 Å². The molecule has 1 saturated heterocycles. The third kappa shape index (κ3) is 4.48. The Kier molecular flexibility index (Phi) is 5.70. The SMILES string of the molecule is CCOc1cc(F)ccc1NC1CCN(Cc2ccccc2)CC1. The van der Waals surface area contributed by atoms with Crippen molar-refractivity contribution in [3.63, 3.8) is 0 Å². The number of benzene rings is 2. The maximum Gasteiger partial charge on any atom is 0.145 e. The molecule has 0 aromatic heterocycles. The zero-order valence-corrected chi connectivity index (χ0v) is 14.2. The second kappa shape index (κ2) is 8.15. The fraction of sp³-hybridized carbons (Fsp3) is 0.400. The molecule has 0 saturated carbocycles. The number of hydrogen-bond acceptors (Lipinski definition) is 3. The Bertz CT molecular complexity index is 639. The lowest BCUT2D eigenvalue weighted by molar-refractivity contribution is 0.211. The maximum absolute atomic E-state index is 13.4. The summed E-state index contributed by atoms with van der Waals surface area (Å²) in [4.78, 5) is 2.49. The second-order valence-corrected chi connectivity index (χ2v) is 6.25. The molecule has 0 aliphatic carbocycles. The van der Waals surface area contributed by atoms with Crippen LogP contribution in [0, 0.1) is 5.82 Å². The van der Waals surface area contributed by atoms with Crippen molar-refractivity contribution < 1.29 is 9.13 Å². The second-order valence-electron chi connectivity index (χ2n) is 6.25. The molecule has 0 unspecified atom stereocenters. The van der Waals surface area contributed by atoms with E-state index in [1.807, 2.05) is 6.92 Å². The van der Waals surface area contributed by atoms with Crippen LogP contribution >= 0.6 is 0 Å². The molecule has 1 aliphatic rings. The van der Waals surface area contributed by atoms with Gasteiger partial charge in [-0.1, -0.05) is 30.3 Å². The van der Waals surface area contributed by atoms with Gasteiger partial charge in [0.1, 0.15) is 11.6 Å². The molecular formula is C20H25FN2O. The third-order valence-corrected chi connectivity index (χ3v) is 4.44. The Hall–Kier alpha value is -2.07. The van der Waals surface area contributed by atoms with Gasteiger partial charge in [-0.3, -0.25) is 4.90 Å². The molecule has 1 N–H and O–H groups in total. The van der Waals surface area contributed by atoms with Gasteiger partial charge in [0.05, 0.1) is 12.3 Å². The Morgan fingerprint density at radius 2 is 1.88 bits per heavy atom. The molecule has 128 valence electrons. The minimum atomic E-state index is -0.262. The first-order valence-electron chi connectivity index (χ1n) is 8.70. The third-order valence-electron chi connectivity index (χ3n) is 4.44. The molecule has 0 atom stereocenters. The summed E-state index contributed by atoms with van der Waals surface area (Å²) in [5.74, 6) is 0.339. The van der Waals surface area contributed by atoms with Crippen molar-refractivity contribution in [2.75, 3.05) is 25.0 Å². The van der Waals surface area contributed by atoms with Gasteiger partial charge in [0, 0.05) is 31.7 Å². The number of halogens is 1. The van der Waals surface area contributed by atoms with Crippen molar-refractivity contribution in [2.24, 2.45) is 0 Å². The predicted molar refractivity (Wildman–Crippen MR) is 95.9 cm³/mol. The van der Waals surface area contributed by atoms with Crippen LogP contribution in [-0.2, 0) is 6.54 Å². The Balaban J connectivity index is 1.54. The van der Waals surface area contributed by atoms with E-state index in [1.165, 1.54) is 17.7 Å². The molecule has 3 nitrogen and oxygen atoms in total. The maximum atomic E-state index is 13.4. The van der Waals surface area contributed by atoms with Crippen molar-refractivity contribution >= 4 is 5.69 Å². The van der Waals surface area contributed by atoms with Crippen LogP contribution in [0.25, 0.3) is 0 Å². The van der Waals surface area contributed by atoms with Crippen LogP contribution in [0.5, 0.6) is 5.75 Å². The van der Waals surface area contributed by atoms with E-state index in [2.05, 4.69) is 40.5 Å². The summed E-state index contributed by atoms with van der Waals surface area (Å²) in [5.41, 5.74) is 2.25. The largest absolute Gasteiger partial charge is 0.492 e. The van der Waals surface area contributed by atoms with Crippen molar-refractivity contribution in [1.82, 2.24) is 4.90 Å². The lowest BCUT2D eigenvalue weighted by atomic mass is 10.0. The van der Waals surface area contributed by atoms with Gasteiger partial charge < -0.3 is 10.1 Å². The summed E-state index contributed by atoms with van der Waals surface area (Å²) in [6, 6.07) is 15.7. The number of piperidine rings is 1. The minimum absolute atomic E-state index is 0.262. The van der Waals surface area contributed by atoms with Crippen molar-refractivity contribution in [2.45, 2.75) is 32.4 Å². The Morgan fingerprint density at radius 1 is 1.12 bits per heavy atom. The zero-order valence-electron chi connectivity index (χ0n) is 14.2. The molecule has 1 heterocycles. The average Bonchev–Trinajstić information content (AvgIpc) is 2.60. The van der Waals surface area contributed by atoms with Crippen LogP contribution in [0.1, 0.15) is 25.3 Å². The molecule has 1 fully saturated rings. The first kappa shape index (κ1) is 16.8. The number of nitrogens with one attached hydrogen (secondary N) is 1. The van der Waals surface area contributed by atoms with Crippen LogP contribution in [0.15, 0.2) is 48.5 Å². The smallest absolute Gasteiger partial charge is 0.145 e. The van der Waals surface area contributed by atoms with Gasteiger partial charge in [0.2, 0.25) is 0 Å². The molecule has 2 aromatic rings. The number of anilines is 1. The van der Waals surface area contributed by atoms with Gasteiger partial charge in [0.15, 0.2) is 0 Å². The molecule has 0 radical (unpaired) electrons. The fourth-order valence-electron chi connectivity index (χ4n) is 3.19. The standard InChI is InChI=1S/C20H25FN2O/c1-2-24-20-14-17(21)8-9-19(20)22-18-10-12-23(13-11-18)15-16-6-4-3-5-7-16/h3-9,14,18,22H,2,10-13,15H2,1H3. The number of likely N-dealkylation sites (tertiary alicyclic amines) is 1. The van der Waals surface area contributed by atoms with Crippen molar-refractivity contribution in [3.8, 4) is 5.75 Å². The topological polar surface area (TPSA) is 24.5 Å². The molecule has 0 amide bonds. The molecule has 4 heteroatoms. The normalized spacial score (nSPS) is 16.1. The molecule has 24 heavy (non-hydrogen) atoms. The quantitative estimate of drug-likeness (QED) is 0.855. The van der Waals surface area contributed by atoms with Crippen LogP contribution < -0.4 is 10.1 Å². The monoisotopic (exact) mass is 328 g/mol. The van der Waals surface area contributed by atoms with Gasteiger partial charge >= 0.3 is 0 Å². The van der Waals surface area contributed by atoms with E-state index in [0.717, 1.165) is 38.2 Å². The molecule has 2 aromatic carbocycles. The fourth-order valence-corrected chi connectivity index (χ4v) is 3.19. The van der Waals surface area contributed by atoms with Crippen LogP contribution in [0.2, 0.25) is 0 Å². The van der Waals surface area contributed by atoms with Gasteiger partial charge in [-0.2, -0.15) is 0 Å². The first-order chi connectivity index (χ1) is 11.7. The highest BCUT2D eigenvalue weighted by atomic mass is 19.1. The predicted octanol–water partition coefficient (Wildman–Crippen LogP) is 4.30. The van der Waals surface area contributed by atoms with E-state index in [9.17, 15) is 4.39 Å². The minimum Gasteiger partial charge on any atom is -0.492 e. The number of nitrogens with zero attached hydrogens (tertiary/aromatic N) is 1. The Labute approximate surface area is 143 Å². The molecule has 1 aliphatic heterocycles. The number of ether oxygens (including phenoxy) is 1. The molecular weight excluding hydrogens is 303 g/mol. The van der Waals surface area contributed by atoms with Crippen molar-refractivity contribution in [3.05, 3.63) is 59.9 Å². The van der Waals surface area contributed by atoms with Crippen LogP contribution in [0.4, 0.5) is 10.1 Å². The van der Waals surface area contributed by atoms with E-state index in [4.69, 9.17) is 4.74 Å². The van der Waals surface area contributed by atoms with E-state index in [1.54, 1.807) is 6.07 Å². The lowest BCUT2D eigenvalue weighted by Gasteiger charge is -2.33. The van der Waals surface area contributed by atoms with E-state index >= 15 is 0 Å². The highest BCUT2D eigenvalue weighted by Crippen LogP contribution is 2.28. The highest BCUT2D eigenvalue weighted by molar-refractivity contribution is 5.57. The summed E-state index contributed by atoms with van der Waals surface area (Å²) in [5, 5.41) is 3.53. The Morgan fingerprint density at radius 3 is 2.58 bits per heavy atom. The first-order valence-corrected chi connectivity index (χ1v) is 8.70. The van der Waals surface area contributed by atoms with Gasteiger partial charge in [-0.25, -0.2) is 4.39 Å². The van der Waals surface area contributed by atoms with Gasteiger partial charge in [0.25, 0.3) is 0 Å². The number of rotatable bonds is 6. The lowest BCUT2D eigenvalue weighted by Crippen LogP contribution is -2.38. The molecule has 0 spiro atoms. The number of hydrogen-bond donors (Lipinski definition) is 1. The zero-order chi connectivity index (χ0) is 16.8. The van der Waals surface area contributed by atoms with Crippen LogP contribution in [0.3, 0.4) is 0 Å². The van der Waals surface area contributed by atoms with E-state index < -0.39 is 0 Å². The van der Waals surface area contributed by atoms with Crippen molar-refractivity contribution in [1.29, 1.82) is 0 Å². The average molecular weight is 328 g/mol. The summed E-state index contributed by atoms with van der Waals surface area (Å²) < 4.78 is 18.9.